The Bertz CT molecular complexity index is 673. The van der Waals surface area contributed by atoms with E-state index < -0.39 is 5.82 Å². The van der Waals surface area contributed by atoms with Gasteiger partial charge in [0.25, 0.3) is 0 Å². The van der Waals surface area contributed by atoms with Crippen molar-refractivity contribution in [3.8, 4) is 0 Å². The molecule has 0 aliphatic rings. The van der Waals surface area contributed by atoms with Crippen molar-refractivity contribution in [1.29, 1.82) is 0 Å². The van der Waals surface area contributed by atoms with E-state index in [0.29, 0.717) is 0 Å². The predicted octanol–water partition coefficient (Wildman–Crippen LogP) is 3.20. The van der Waals surface area contributed by atoms with Gasteiger partial charge in [-0.05, 0) is 24.6 Å². The Kier molecular flexibility index (Phi) is 4.65. The van der Waals surface area contributed by atoms with Gasteiger partial charge in [0, 0.05) is 0 Å². The van der Waals surface area contributed by atoms with Crippen LogP contribution in [0.5, 0.6) is 0 Å². The van der Waals surface area contributed by atoms with E-state index in [1.54, 1.807) is 13.0 Å². The highest BCUT2D eigenvalue weighted by atomic mass is 32.1. The van der Waals surface area contributed by atoms with Crippen LogP contribution in [0.15, 0.2) is 48.5 Å². The number of hydrogen-bond acceptors (Lipinski definition) is 2. The standard InChI is InChI=1S/C16H15FN2OS/c1-10(11-6-3-2-4-7-11)16(20)19-13-9-5-8-12(17)14(13)15(18)21/h2-10H,1H3,(H2,18,21)(H,19,20). The van der Waals surface area contributed by atoms with Gasteiger partial charge in [0.1, 0.15) is 10.8 Å². The number of thiocarbonyl (C=S) groups is 1. The molecular formula is C16H15FN2OS. The Labute approximate surface area is 128 Å². The van der Waals surface area contributed by atoms with Crippen LogP contribution < -0.4 is 11.1 Å². The Morgan fingerprint density at radius 3 is 2.48 bits per heavy atom. The van der Waals surface area contributed by atoms with E-state index in [0.717, 1.165) is 5.56 Å². The van der Waals surface area contributed by atoms with Crippen molar-refractivity contribution in [1.82, 2.24) is 0 Å². The second-order valence-corrected chi connectivity index (χ2v) is 5.09. The maximum absolute atomic E-state index is 13.8. The molecule has 3 N–H and O–H groups in total. The van der Waals surface area contributed by atoms with Crippen LogP contribution in [-0.4, -0.2) is 10.9 Å². The van der Waals surface area contributed by atoms with Crippen molar-refractivity contribution in [2.45, 2.75) is 12.8 Å². The molecule has 1 amide bonds. The summed E-state index contributed by atoms with van der Waals surface area (Å²) in [6.07, 6.45) is 0. The van der Waals surface area contributed by atoms with Gasteiger partial charge < -0.3 is 11.1 Å². The first-order chi connectivity index (χ1) is 10.0. The minimum Gasteiger partial charge on any atom is -0.389 e. The van der Waals surface area contributed by atoms with Crippen molar-refractivity contribution < 1.29 is 9.18 Å². The number of benzene rings is 2. The van der Waals surface area contributed by atoms with Gasteiger partial charge in [-0.25, -0.2) is 4.39 Å². The first-order valence-electron chi connectivity index (χ1n) is 6.45. The lowest BCUT2D eigenvalue weighted by Gasteiger charge is -2.15. The van der Waals surface area contributed by atoms with E-state index in [1.807, 2.05) is 30.3 Å². The number of nitrogens with one attached hydrogen (secondary N) is 1. The van der Waals surface area contributed by atoms with Gasteiger partial charge in [-0.1, -0.05) is 48.6 Å². The number of nitrogens with two attached hydrogens (primary N) is 1. The predicted molar refractivity (Wildman–Crippen MR) is 85.8 cm³/mol. The summed E-state index contributed by atoms with van der Waals surface area (Å²) in [4.78, 5) is 12.2. The summed E-state index contributed by atoms with van der Waals surface area (Å²) in [6.45, 7) is 1.78. The van der Waals surface area contributed by atoms with Gasteiger partial charge in [-0.3, -0.25) is 4.79 Å². The Balaban J connectivity index is 2.25. The van der Waals surface area contributed by atoms with Crippen LogP contribution in [0, 0.1) is 5.82 Å². The molecule has 0 saturated carbocycles. The summed E-state index contributed by atoms with van der Waals surface area (Å²) in [5.74, 6) is -1.16. The van der Waals surface area contributed by atoms with Gasteiger partial charge in [0.15, 0.2) is 0 Å². The van der Waals surface area contributed by atoms with Crippen LogP contribution >= 0.6 is 12.2 Å². The van der Waals surface area contributed by atoms with E-state index in [2.05, 4.69) is 5.32 Å². The Morgan fingerprint density at radius 1 is 1.19 bits per heavy atom. The lowest BCUT2D eigenvalue weighted by Crippen LogP contribution is -2.22. The smallest absolute Gasteiger partial charge is 0.231 e. The molecule has 21 heavy (non-hydrogen) atoms. The number of hydrogen-bond donors (Lipinski definition) is 2. The number of halogens is 1. The molecule has 1 unspecified atom stereocenters. The quantitative estimate of drug-likeness (QED) is 0.853. The average Bonchev–Trinajstić information content (AvgIpc) is 2.47. The van der Waals surface area contributed by atoms with E-state index in [4.69, 9.17) is 18.0 Å². The molecule has 0 aliphatic carbocycles. The maximum atomic E-state index is 13.8. The van der Waals surface area contributed by atoms with Crippen LogP contribution in [0.3, 0.4) is 0 Å². The monoisotopic (exact) mass is 302 g/mol. The van der Waals surface area contributed by atoms with Crippen molar-refractivity contribution in [2.24, 2.45) is 5.73 Å². The fourth-order valence-corrected chi connectivity index (χ4v) is 2.22. The number of carbonyl (C=O) groups is 1. The highest BCUT2D eigenvalue weighted by Crippen LogP contribution is 2.22. The van der Waals surface area contributed by atoms with Crippen molar-refractivity contribution in [2.75, 3.05) is 5.32 Å². The van der Waals surface area contributed by atoms with Gasteiger partial charge in [0.2, 0.25) is 5.91 Å². The SMILES string of the molecule is CC(C(=O)Nc1cccc(F)c1C(N)=S)c1ccccc1. The molecule has 0 heterocycles. The summed E-state index contributed by atoms with van der Waals surface area (Å²) >= 11 is 4.84. The minimum absolute atomic E-state index is 0.0566. The third-order valence-corrected chi connectivity index (χ3v) is 3.41. The summed E-state index contributed by atoms with van der Waals surface area (Å²) in [6, 6.07) is 13.7. The summed E-state index contributed by atoms with van der Waals surface area (Å²) < 4.78 is 13.8. The van der Waals surface area contributed by atoms with E-state index in [-0.39, 0.29) is 28.1 Å². The molecule has 0 aromatic heterocycles. The zero-order valence-corrected chi connectivity index (χ0v) is 12.3. The van der Waals surface area contributed by atoms with Crippen LogP contribution in [0.1, 0.15) is 24.0 Å². The first-order valence-corrected chi connectivity index (χ1v) is 6.85. The Hall–Kier alpha value is -2.27. The van der Waals surface area contributed by atoms with Crippen LogP contribution in [0.4, 0.5) is 10.1 Å². The van der Waals surface area contributed by atoms with E-state index >= 15 is 0 Å². The molecule has 2 aromatic carbocycles. The van der Waals surface area contributed by atoms with Gasteiger partial charge in [-0.15, -0.1) is 0 Å². The molecule has 2 aromatic rings. The van der Waals surface area contributed by atoms with E-state index in [1.165, 1.54) is 12.1 Å². The molecule has 2 rings (SSSR count). The fraction of sp³-hybridized carbons (Fsp3) is 0.125. The average molecular weight is 302 g/mol. The normalized spacial score (nSPS) is 11.7. The van der Waals surface area contributed by atoms with Crippen LogP contribution in [0.25, 0.3) is 0 Å². The number of anilines is 1. The molecule has 0 aliphatic heterocycles. The molecule has 1 atom stereocenters. The summed E-state index contributed by atoms with van der Waals surface area (Å²) in [5, 5.41) is 2.68. The molecule has 0 fully saturated rings. The van der Waals surface area contributed by atoms with Crippen LogP contribution in [0.2, 0.25) is 0 Å². The van der Waals surface area contributed by atoms with Gasteiger partial charge >= 0.3 is 0 Å². The Morgan fingerprint density at radius 2 is 1.86 bits per heavy atom. The highest BCUT2D eigenvalue weighted by Gasteiger charge is 2.18. The lowest BCUT2D eigenvalue weighted by molar-refractivity contribution is -0.117. The second-order valence-electron chi connectivity index (χ2n) is 4.65. The van der Waals surface area contributed by atoms with Gasteiger partial charge in [-0.2, -0.15) is 0 Å². The molecular weight excluding hydrogens is 287 g/mol. The molecule has 0 bridgehead atoms. The minimum atomic E-state index is -0.548. The van der Waals surface area contributed by atoms with Crippen LogP contribution in [-0.2, 0) is 4.79 Å². The summed E-state index contributed by atoms with van der Waals surface area (Å²) in [5.41, 5.74) is 6.74. The topological polar surface area (TPSA) is 55.1 Å². The first kappa shape index (κ1) is 15.1. The number of rotatable bonds is 4. The third kappa shape index (κ3) is 3.44. The van der Waals surface area contributed by atoms with Crippen molar-refractivity contribution in [3.05, 3.63) is 65.5 Å². The molecule has 0 spiro atoms. The van der Waals surface area contributed by atoms with E-state index in [9.17, 15) is 9.18 Å². The van der Waals surface area contributed by atoms with Crippen molar-refractivity contribution >= 4 is 28.8 Å². The number of amides is 1. The molecule has 108 valence electrons. The third-order valence-electron chi connectivity index (χ3n) is 3.21. The highest BCUT2D eigenvalue weighted by molar-refractivity contribution is 7.80. The molecule has 0 radical (unpaired) electrons. The van der Waals surface area contributed by atoms with Crippen molar-refractivity contribution in [3.63, 3.8) is 0 Å². The second kappa shape index (κ2) is 6.45. The largest absolute Gasteiger partial charge is 0.389 e. The fourth-order valence-electron chi connectivity index (χ4n) is 2.01. The molecule has 3 nitrogen and oxygen atoms in total. The maximum Gasteiger partial charge on any atom is 0.231 e. The number of carbonyl (C=O) groups excluding carboxylic acids is 1. The zero-order valence-electron chi connectivity index (χ0n) is 11.5. The molecule has 0 saturated heterocycles. The summed E-state index contributed by atoms with van der Waals surface area (Å²) in [7, 11) is 0. The zero-order chi connectivity index (χ0) is 15.4. The lowest BCUT2D eigenvalue weighted by atomic mass is 10.00. The molecule has 5 heteroatoms. The van der Waals surface area contributed by atoms with Gasteiger partial charge in [0.05, 0.1) is 17.2 Å².